The van der Waals surface area contributed by atoms with Crippen LogP contribution in [0, 0.1) is 6.92 Å². The fraction of sp³-hybridized carbons (Fsp3) is 0.304. The first kappa shape index (κ1) is 23.9. The average Bonchev–Trinajstić information content (AvgIpc) is 3.18. The predicted molar refractivity (Wildman–Crippen MR) is 133 cm³/mol. The lowest BCUT2D eigenvalue weighted by Gasteiger charge is -2.12. The molecule has 0 aliphatic rings. The van der Waals surface area contributed by atoms with Crippen molar-refractivity contribution < 1.29 is 4.42 Å². The van der Waals surface area contributed by atoms with Crippen LogP contribution >= 0.6 is 24.0 Å². The van der Waals surface area contributed by atoms with E-state index >= 15 is 0 Å². The van der Waals surface area contributed by atoms with E-state index < -0.39 is 0 Å². The molecule has 0 atom stereocenters. The van der Waals surface area contributed by atoms with E-state index in [4.69, 9.17) is 4.42 Å². The highest BCUT2D eigenvalue weighted by Gasteiger charge is 2.07. The van der Waals surface area contributed by atoms with Crippen LogP contribution in [0.25, 0.3) is 11.5 Å². The van der Waals surface area contributed by atoms with Gasteiger partial charge in [-0.1, -0.05) is 42.0 Å². The molecule has 0 radical (unpaired) electrons. The zero-order chi connectivity index (χ0) is 20.6. The Morgan fingerprint density at radius 3 is 2.23 bits per heavy atom. The molecule has 2 aromatic carbocycles. The number of aryl methyl sites for hydroxylation is 1. The third-order valence-electron chi connectivity index (χ3n) is 4.49. The second kappa shape index (κ2) is 11.7. The Bertz CT molecular complexity index is 933. The van der Waals surface area contributed by atoms with Gasteiger partial charge in [0.25, 0.3) is 0 Å². The van der Waals surface area contributed by atoms with Crippen molar-refractivity contribution in [2.75, 3.05) is 21.1 Å². The Kier molecular flexibility index (Phi) is 9.32. The summed E-state index contributed by atoms with van der Waals surface area (Å²) in [5.41, 5.74) is 5.53. The standard InChI is InChI=1S/C23H29N5O.HI/c1-17-5-11-20(12-6-17)22-27-21(16-29-22)14-26-23(24-2)25-13-18-7-9-19(10-8-18)15-28(3)4;/h5-12,16H,13-15H2,1-4H3,(H2,24,25,26);1H. The molecule has 0 aliphatic heterocycles. The number of nitrogens with one attached hydrogen (secondary N) is 2. The molecule has 7 heteroatoms. The van der Waals surface area contributed by atoms with Crippen molar-refractivity contribution in [1.82, 2.24) is 20.5 Å². The second-order valence-electron chi connectivity index (χ2n) is 7.34. The molecule has 0 aliphatic carbocycles. The van der Waals surface area contributed by atoms with Gasteiger partial charge >= 0.3 is 0 Å². The number of aromatic nitrogens is 1. The van der Waals surface area contributed by atoms with E-state index in [2.05, 4.69) is 82.9 Å². The number of rotatable bonds is 7. The molecule has 0 spiro atoms. The zero-order valence-electron chi connectivity index (χ0n) is 18.0. The van der Waals surface area contributed by atoms with E-state index in [0.717, 1.165) is 23.8 Å². The molecular weight excluding hydrogens is 489 g/mol. The van der Waals surface area contributed by atoms with E-state index in [1.165, 1.54) is 16.7 Å². The normalized spacial score (nSPS) is 11.3. The maximum absolute atomic E-state index is 5.61. The Hall–Kier alpha value is -2.39. The Morgan fingerprint density at radius 1 is 0.967 bits per heavy atom. The molecule has 1 heterocycles. The van der Waals surface area contributed by atoms with Gasteiger partial charge in [-0.2, -0.15) is 0 Å². The first-order chi connectivity index (χ1) is 14.0. The van der Waals surface area contributed by atoms with Gasteiger partial charge in [0.1, 0.15) is 6.26 Å². The first-order valence-corrected chi connectivity index (χ1v) is 9.72. The average molecular weight is 519 g/mol. The van der Waals surface area contributed by atoms with E-state index in [9.17, 15) is 0 Å². The van der Waals surface area contributed by atoms with Crippen molar-refractivity contribution in [3.05, 3.63) is 77.2 Å². The highest BCUT2D eigenvalue weighted by molar-refractivity contribution is 14.0. The Labute approximate surface area is 195 Å². The topological polar surface area (TPSA) is 65.7 Å². The summed E-state index contributed by atoms with van der Waals surface area (Å²) in [5, 5.41) is 6.61. The number of hydrogen-bond acceptors (Lipinski definition) is 4. The molecule has 160 valence electrons. The lowest BCUT2D eigenvalue weighted by atomic mass is 10.1. The van der Waals surface area contributed by atoms with E-state index in [0.29, 0.717) is 19.0 Å². The number of halogens is 1. The van der Waals surface area contributed by atoms with Crippen molar-refractivity contribution in [1.29, 1.82) is 0 Å². The van der Waals surface area contributed by atoms with E-state index in [1.807, 2.05) is 12.1 Å². The lowest BCUT2D eigenvalue weighted by Crippen LogP contribution is -2.36. The van der Waals surface area contributed by atoms with Gasteiger partial charge in [0.2, 0.25) is 5.89 Å². The third-order valence-corrected chi connectivity index (χ3v) is 4.49. The minimum Gasteiger partial charge on any atom is -0.444 e. The van der Waals surface area contributed by atoms with Crippen LogP contribution in [0.3, 0.4) is 0 Å². The highest BCUT2D eigenvalue weighted by atomic mass is 127. The van der Waals surface area contributed by atoms with Gasteiger partial charge in [-0.3, -0.25) is 4.99 Å². The van der Waals surface area contributed by atoms with Crippen molar-refractivity contribution >= 4 is 29.9 Å². The summed E-state index contributed by atoms with van der Waals surface area (Å²) >= 11 is 0. The van der Waals surface area contributed by atoms with Gasteiger partial charge in [0.05, 0.1) is 12.2 Å². The van der Waals surface area contributed by atoms with Crippen LogP contribution in [-0.4, -0.2) is 37.0 Å². The largest absolute Gasteiger partial charge is 0.444 e. The Balaban J connectivity index is 0.00000320. The van der Waals surface area contributed by atoms with E-state index in [1.54, 1.807) is 13.3 Å². The van der Waals surface area contributed by atoms with Gasteiger partial charge in [-0.15, -0.1) is 24.0 Å². The quantitative estimate of drug-likeness (QED) is 0.279. The number of oxazole rings is 1. The number of nitrogens with zero attached hydrogens (tertiary/aromatic N) is 3. The smallest absolute Gasteiger partial charge is 0.226 e. The van der Waals surface area contributed by atoms with Crippen LogP contribution in [0.2, 0.25) is 0 Å². The molecule has 0 fully saturated rings. The molecule has 0 unspecified atom stereocenters. The van der Waals surface area contributed by atoms with Gasteiger partial charge in [0, 0.05) is 25.7 Å². The predicted octanol–water partition coefficient (Wildman–Crippen LogP) is 4.19. The van der Waals surface area contributed by atoms with Gasteiger partial charge < -0.3 is 20.0 Å². The van der Waals surface area contributed by atoms with Crippen molar-refractivity contribution in [2.24, 2.45) is 4.99 Å². The fourth-order valence-corrected chi connectivity index (χ4v) is 2.93. The van der Waals surface area contributed by atoms with Gasteiger partial charge in [0.15, 0.2) is 5.96 Å². The molecule has 0 bridgehead atoms. The fourth-order valence-electron chi connectivity index (χ4n) is 2.93. The zero-order valence-corrected chi connectivity index (χ0v) is 20.3. The Morgan fingerprint density at radius 2 is 1.60 bits per heavy atom. The third kappa shape index (κ3) is 7.14. The summed E-state index contributed by atoms with van der Waals surface area (Å²) in [6, 6.07) is 16.7. The molecule has 3 aromatic rings. The summed E-state index contributed by atoms with van der Waals surface area (Å²) in [5.74, 6) is 1.35. The molecule has 3 rings (SSSR count). The lowest BCUT2D eigenvalue weighted by molar-refractivity contribution is 0.402. The molecule has 0 amide bonds. The van der Waals surface area contributed by atoms with Crippen LogP contribution in [0.4, 0.5) is 0 Å². The van der Waals surface area contributed by atoms with Crippen LogP contribution in [0.15, 0.2) is 64.2 Å². The highest BCUT2D eigenvalue weighted by Crippen LogP contribution is 2.19. The maximum Gasteiger partial charge on any atom is 0.226 e. The van der Waals surface area contributed by atoms with Crippen molar-refractivity contribution in [2.45, 2.75) is 26.6 Å². The van der Waals surface area contributed by atoms with Gasteiger partial charge in [-0.05, 0) is 44.3 Å². The minimum absolute atomic E-state index is 0. The summed E-state index contributed by atoms with van der Waals surface area (Å²) in [7, 11) is 5.91. The summed E-state index contributed by atoms with van der Waals surface area (Å²) in [6.07, 6.45) is 1.68. The number of hydrogen-bond donors (Lipinski definition) is 2. The molecule has 1 aromatic heterocycles. The number of guanidine groups is 1. The molecule has 2 N–H and O–H groups in total. The number of benzene rings is 2. The molecule has 0 saturated heterocycles. The minimum atomic E-state index is 0. The maximum atomic E-state index is 5.61. The second-order valence-corrected chi connectivity index (χ2v) is 7.34. The summed E-state index contributed by atoms with van der Waals surface area (Å²) in [4.78, 5) is 11.0. The van der Waals surface area contributed by atoms with Crippen LogP contribution in [0.1, 0.15) is 22.4 Å². The first-order valence-electron chi connectivity index (χ1n) is 9.72. The van der Waals surface area contributed by atoms with Crippen LogP contribution in [0.5, 0.6) is 0 Å². The van der Waals surface area contributed by atoms with E-state index in [-0.39, 0.29) is 24.0 Å². The van der Waals surface area contributed by atoms with Crippen LogP contribution in [-0.2, 0) is 19.6 Å². The number of aliphatic imine (C=N–C) groups is 1. The van der Waals surface area contributed by atoms with Crippen molar-refractivity contribution in [3.63, 3.8) is 0 Å². The van der Waals surface area contributed by atoms with Crippen molar-refractivity contribution in [3.8, 4) is 11.5 Å². The summed E-state index contributed by atoms with van der Waals surface area (Å²) in [6.45, 7) is 4.25. The molecule has 0 saturated carbocycles. The monoisotopic (exact) mass is 519 g/mol. The van der Waals surface area contributed by atoms with Crippen LogP contribution < -0.4 is 10.6 Å². The molecule has 6 nitrogen and oxygen atoms in total. The SMILES string of the molecule is CN=C(NCc1ccc(CN(C)C)cc1)NCc1coc(-c2ccc(C)cc2)n1.I. The molecular formula is C23H30IN5O. The summed E-state index contributed by atoms with van der Waals surface area (Å²) < 4.78 is 5.61. The molecule has 30 heavy (non-hydrogen) atoms. The van der Waals surface area contributed by atoms with Gasteiger partial charge in [-0.25, -0.2) is 4.98 Å².